The molecule has 1 rings (SSSR count). The Kier molecular flexibility index (Phi) is 4.71. The van der Waals surface area contributed by atoms with Crippen molar-refractivity contribution in [2.75, 3.05) is 6.54 Å². The molecule has 3 nitrogen and oxygen atoms in total. The third-order valence-electron chi connectivity index (χ3n) is 2.77. The number of aryl methyl sites for hydroxylation is 1. The molecule has 0 aromatic heterocycles. The number of carboxylic acid groups (broad SMARTS) is 1. The Morgan fingerprint density at radius 2 is 2.12 bits per heavy atom. The van der Waals surface area contributed by atoms with Crippen LogP contribution in [0.1, 0.15) is 25.0 Å². The zero-order valence-electron chi connectivity index (χ0n) is 10.4. The minimum absolute atomic E-state index is 0.453. The van der Waals surface area contributed by atoms with E-state index in [0.29, 0.717) is 13.1 Å². The number of halogens is 1. The zero-order valence-corrected chi connectivity index (χ0v) is 12.0. The van der Waals surface area contributed by atoms with E-state index < -0.39 is 11.4 Å². The van der Waals surface area contributed by atoms with E-state index >= 15 is 0 Å². The van der Waals surface area contributed by atoms with Crippen LogP contribution in [0.4, 0.5) is 0 Å². The van der Waals surface area contributed by atoms with Gasteiger partial charge in [0.1, 0.15) is 0 Å². The van der Waals surface area contributed by atoms with Gasteiger partial charge >= 0.3 is 5.97 Å². The smallest absolute Gasteiger partial charge is 0.310 e. The Hall–Kier alpha value is -0.870. The van der Waals surface area contributed by atoms with E-state index in [-0.39, 0.29) is 0 Å². The minimum Gasteiger partial charge on any atom is -0.481 e. The van der Waals surface area contributed by atoms with Gasteiger partial charge in [-0.05, 0) is 44.0 Å². The summed E-state index contributed by atoms with van der Waals surface area (Å²) in [7, 11) is 0. The predicted molar refractivity (Wildman–Crippen MR) is 72.0 cm³/mol. The Morgan fingerprint density at radius 1 is 1.47 bits per heavy atom. The number of benzene rings is 1. The first kappa shape index (κ1) is 14.2. The van der Waals surface area contributed by atoms with Gasteiger partial charge in [-0.2, -0.15) is 0 Å². The molecule has 0 saturated carbocycles. The Bertz CT molecular complexity index is 416. The van der Waals surface area contributed by atoms with Gasteiger partial charge in [0, 0.05) is 17.6 Å². The van der Waals surface area contributed by atoms with Crippen LogP contribution in [0.25, 0.3) is 0 Å². The number of carbonyl (C=O) groups is 1. The van der Waals surface area contributed by atoms with E-state index in [1.165, 1.54) is 11.1 Å². The lowest BCUT2D eigenvalue weighted by Crippen LogP contribution is -2.35. The maximum atomic E-state index is 10.9. The van der Waals surface area contributed by atoms with Gasteiger partial charge in [0.05, 0.1) is 5.41 Å². The molecule has 1 aromatic rings. The third-order valence-corrected chi connectivity index (χ3v) is 3.27. The molecule has 0 fully saturated rings. The summed E-state index contributed by atoms with van der Waals surface area (Å²) in [5, 5.41) is 12.2. The molecule has 94 valence electrons. The molecule has 0 unspecified atom stereocenters. The molecule has 0 spiro atoms. The van der Waals surface area contributed by atoms with Gasteiger partial charge in [0.2, 0.25) is 0 Å². The number of nitrogens with one attached hydrogen (secondary N) is 1. The van der Waals surface area contributed by atoms with Gasteiger partial charge in [0.25, 0.3) is 0 Å². The van der Waals surface area contributed by atoms with E-state index in [0.717, 1.165) is 4.47 Å². The molecule has 0 aliphatic heterocycles. The molecule has 0 atom stereocenters. The quantitative estimate of drug-likeness (QED) is 0.879. The van der Waals surface area contributed by atoms with E-state index in [1.54, 1.807) is 13.8 Å². The molecular formula is C13H18BrNO2. The molecule has 0 saturated heterocycles. The van der Waals surface area contributed by atoms with Crippen molar-refractivity contribution >= 4 is 21.9 Å². The van der Waals surface area contributed by atoms with E-state index in [4.69, 9.17) is 5.11 Å². The van der Waals surface area contributed by atoms with E-state index in [9.17, 15) is 4.79 Å². The second-order valence-corrected chi connectivity index (χ2v) is 5.78. The topological polar surface area (TPSA) is 49.3 Å². The molecule has 2 N–H and O–H groups in total. The lowest BCUT2D eigenvalue weighted by atomic mass is 9.94. The molecule has 0 aliphatic rings. The molecule has 1 aromatic carbocycles. The van der Waals surface area contributed by atoms with E-state index in [1.807, 2.05) is 19.1 Å². The molecule has 4 heteroatoms. The van der Waals surface area contributed by atoms with Crippen LogP contribution in [0, 0.1) is 12.3 Å². The second-order valence-electron chi connectivity index (χ2n) is 4.86. The predicted octanol–water partition coefficient (Wildman–Crippen LogP) is 2.96. The number of aliphatic carboxylic acids is 1. The van der Waals surface area contributed by atoms with Crippen LogP contribution in [0.3, 0.4) is 0 Å². The van der Waals surface area contributed by atoms with Crippen molar-refractivity contribution in [3.63, 3.8) is 0 Å². The zero-order chi connectivity index (χ0) is 13.1. The largest absolute Gasteiger partial charge is 0.481 e. The van der Waals surface area contributed by atoms with Crippen LogP contribution in [0.5, 0.6) is 0 Å². The van der Waals surface area contributed by atoms with Crippen LogP contribution in [-0.2, 0) is 11.3 Å². The average molecular weight is 300 g/mol. The summed E-state index contributed by atoms with van der Waals surface area (Å²) in [5.41, 5.74) is 1.65. The van der Waals surface area contributed by atoms with Gasteiger partial charge in [-0.3, -0.25) is 4.79 Å². The maximum Gasteiger partial charge on any atom is 0.310 e. The van der Waals surface area contributed by atoms with Gasteiger partial charge in [0.15, 0.2) is 0 Å². The highest BCUT2D eigenvalue weighted by Crippen LogP contribution is 2.17. The first-order valence-electron chi connectivity index (χ1n) is 5.52. The maximum absolute atomic E-state index is 10.9. The number of hydrogen-bond donors (Lipinski definition) is 2. The first-order valence-corrected chi connectivity index (χ1v) is 6.31. The highest BCUT2D eigenvalue weighted by molar-refractivity contribution is 9.10. The summed E-state index contributed by atoms with van der Waals surface area (Å²) in [6.45, 7) is 6.62. The summed E-state index contributed by atoms with van der Waals surface area (Å²) in [6.07, 6.45) is 0. The van der Waals surface area contributed by atoms with Crippen LogP contribution < -0.4 is 5.32 Å². The SMILES string of the molecule is Cc1ccc(Br)cc1CNCC(C)(C)C(=O)O. The third kappa shape index (κ3) is 4.13. The standard InChI is InChI=1S/C13H18BrNO2/c1-9-4-5-11(14)6-10(9)7-15-8-13(2,3)12(16)17/h4-6,15H,7-8H2,1-3H3,(H,16,17). The van der Waals surface area contributed by atoms with Gasteiger partial charge in [-0.1, -0.05) is 22.0 Å². The van der Waals surface area contributed by atoms with Crippen molar-refractivity contribution in [3.8, 4) is 0 Å². The summed E-state index contributed by atoms with van der Waals surface area (Å²) < 4.78 is 1.04. The minimum atomic E-state index is -0.782. The van der Waals surface area contributed by atoms with Crippen LogP contribution in [-0.4, -0.2) is 17.6 Å². The van der Waals surface area contributed by atoms with Crippen molar-refractivity contribution in [2.24, 2.45) is 5.41 Å². The van der Waals surface area contributed by atoms with Crippen LogP contribution >= 0.6 is 15.9 Å². The van der Waals surface area contributed by atoms with Crippen molar-refractivity contribution in [1.29, 1.82) is 0 Å². The van der Waals surface area contributed by atoms with Gasteiger partial charge < -0.3 is 10.4 Å². The Balaban J connectivity index is 2.57. The Labute approximate surface area is 110 Å². The highest BCUT2D eigenvalue weighted by atomic mass is 79.9. The molecule has 0 aliphatic carbocycles. The van der Waals surface area contributed by atoms with Crippen molar-refractivity contribution < 1.29 is 9.90 Å². The molecule has 0 bridgehead atoms. The second kappa shape index (κ2) is 5.65. The van der Waals surface area contributed by atoms with E-state index in [2.05, 4.69) is 27.3 Å². The summed E-state index contributed by atoms with van der Waals surface area (Å²) >= 11 is 3.43. The average Bonchev–Trinajstić information content (AvgIpc) is 2.22. The molecule has 0 heterocycles. The Morgan fingerprint density at radius 3 is 2.71 bits per heavy atom. The monoisotopic (exact) mass is 299 g/mol. The van der Waals surface area contributed by atoms with Gasteiger partial charge in [-0.15, -0.1) is 0 Å². The fourth-order valence-electron chi connectivity index (χ4n) is 1.42. The molecule has 17 heavy (non-hydrogen) atoms. The lowest BCUT2D eigenvalue weighted by Gasteiger charge is -2.20. The summed E-state index contributed by atoms with van der Waals surface area (Å²) in [6, 6.07) is 6.10. The summed E-state index contributed by atoms with van der Waals surface area (Å²) in [5.74, 6) is -0.782. The van der Waals surface area contributed by atoms with Crippen molar-refractivity contribution in [1.82, 2.24) is 5.32 Å². The normalized spacial score (nSPS) is 11.5. The summed E-state index contributed by atoms with van der Waals surface area (Å²) in [4.78, 5) is 10.9. The number of hydrogen-bond acceptors (Lipinski definition) is 2. The van der Waals surface area contributed by atoms with Crippen molar-refractivity contribution in [2.45, 2.75) is 27.3 Å². The van der Waals surface area contributed by atoms with Gasteiger partial charge in [-0.25, -0.2) is 0 Å². The number of carboxylic acids is 1. The first-order chi connectivity index (χ1) is 7.83. The van der Waals surface area contributed by atoms with Crippen LogP contribution in [0.2, 0.25) is 0 Å². The molecule has 0 amide bonds. The molecular weight excluding hydrogens is 282 g/mol. The lowest BCUT2D eigenvalue weighted by molar-refractivity contribution is -0.146. The van der Waals surface area contributed by atoms with Crippen molar-refractivity contribution in [3.05, 3.63) is 33.8 Å². The number of rotatable bonds is 5. The fraction of sp³-hybridized carbons (Fsp3) is 0.462. The van der Waals surface area contributed by atoms with Crippen LogP contribution in [0.15, 0.2) is 22.7 Å². The fourth-order valence-corrected chi connectivity index (χ4v) is 1.82. The highest BCUT2D eigenvalue weighted by Gasteiger charge is 2.26. The molecule has 0 radical (unpaired) electrons.